The van der Waals surface area contributed by atoms with Gasteiger partial charge in [-0.3, -0.25) is 0 Å². The van der Waals surface area contributed by atoms with Crippen LogP contribution in [0, 0.1) is 5.82 Å². The second-order valence-corrected chi connectivity index (χ2v) is 4.25. The van der Waals surface area contributed by atoms with E-state index >= 15 is 0 Å². The summed E-state index contributed by atoms with van der Waals surface area (Å²) in [6.07, 6.45) is 2.63. The summed E-state index contributed by atoms with van der Waals surface area (Å²) in [4.78, 5) is 0. The first-order valence-electron chi connectivity index (χ1n) is 4.97. The lowest BCUT2D eigenvalue weighted by Gasteiger charge is -2.16. The van der Waals surface area contributed by atoms with Gasteiger partial charge < -0.3 is 5.32 Å². The van der Waals surface area contributed by atoms with Gasteiger partial charge in [0, 0.05) is 10.5 Å². The van der Waals surface area contributed by atoms with Crippen LogP contribution < -0.4 is 5.32 Å². The number of hydrogen-bond acceptors (Lipinski definition) is 1. The molecule has 0 heterocycles. The summed E-state index contributed by atoms with van der Waals surface area (Å²) in [7, 11) is 0. The summed E-state index contributed by atoms with van der Waals surface area (Å²) >= 11 is 3.29. The second-order valence-electron chi connectivity index (χ2n) is 3.34. The molecule has 1 atom stereocenters. The maximum atomic E-state index is 13.2. The summed E-state index contributed by atoms with van der Waals surface area (Å²) in [5.41, 5.74) is 0.948. The van der Waals surface area contributed by atoms with Gasteiger partial charge in [0.1, 0.15) is 5.82 Å². The minimum Gasteiger partial charge on any atom is -0.310 e. The third-order valence-electron chi connectivity index (χ3n) is 2.14. The Morgan fingerprint density at radius 2 is 2.27 bits per heavy atom. The molecule has 0 saturated carbocycles. The first kappa shape index (κ1) is 12.4. The first-order valence-corrected chi connectivity index (χ1v) is 5.77. The van der Waals surface area contributed by atoms with Crippen molar-refractivity contribution in [1.82, 2.24) is 5.32 Å². The lowest BCUT2D eigenvalue weighted by molar-refractivity contribution is 0.550. The average molecular weight is 272 g/mol. The van der Waals surface area contributed by atoms with Gasteiger partial charge in [-0.2, -0.15) is 0 Å². The SMILES string of the molecule is C=CCC(NCC)c1cc(F)cc(Br)c1. The van der Waals surface area contributed by atoms with Gasteiger partial charge in [0.2, 0.25) is 0 Å². The maximum Gasteiger partial charge on any atom is 0.124 e. The third-order valence-corrected chi connectivity index (χ3v) is 2.60. The Hall–Kier alpha value is -0.670. The highest BCUT2D eigenvalue weighted by Gasteiger charge is 2.10. The molecule has 82 valence electrons. The molecule has 0 amide bonds. The van der Waals surface area contributed by atoms with Gasteiger partial charge in [0.05, 0.1) is 0 Å². The van der Waals surface area contributed by atoms with E-state index in [0.29, 0.717) is 0 Å². The van der Waals surface area contributed by atoms with Gasteiger partial charge in [-0.25, -0.2) is 4.39 Å². The lowest BCUT2D eigenvalue weighted by atomic mass is 10.0. The summed E-state index contributed by atoms with van der Waals surface area (Å²) in [6, 6.07) is 5.08. The Morgan fingerprint density at radius 3 is 2.80 bits per heavy atom. The van der Waals surface area contributed by atoms with Crippen molar-refractivity contribution < 1.29 is 4.39 Å². The third kappa shape index (κ3) is 3.76. The van der Waals surface area contributed by atoms with Gasteiger partial charge in [0.15, 0.2) is 0 Å². The number of rotatable bonds is 5. The van der Waals surface area contributed by atoms with Crippen molar-refractivity contribution in [2.45, 2.75) is 19.4 Å². The van der Waals surface area contributed by atoms with Crippen molar-refractivity contribution in [3.8, 4) is 0 Å². The van der Waals surface area contributed by atoms with E-state index < -0.39 is 0 Å². The topological polar surface area (TPSA) is 12.0 Å². The molecule has 0 bridgehead atoms. The predicted octanol–water partition coefficient (Wildman–Crippen LogP) is 3.81. The fraction of sp³-hybridized carbons (Fsp3) is 0.333. The van der Waals surface area contributed by atoms with E-state index in [0.717, 1.165) is 23.0 Å². The summed E-state index contributed by atoms with van der Waals surface area (Å²) in [5, 5.41) is 3.30. The van der Waals surface area contributed by atoms with E-state index in [-0.39, 0.29) is 11.9 Å². The van der Waals surface area contributed by atoms with E-state index in [9.17, 15) is 4.39 Å². The Labute approximate surface area is 98.5 Å². The van der Waals surface area contributed by atoms with Crippen LogP contribution in [-0.2, 0) is 0 Å². The van der Waals surface area contributed by atoms with Crippen molar-refractivity contribution in [3.05, 3.63) is 46.7 Å². The molecular weight excluding hydrogens is 257 g/mol. The molecule has 1 rings (SSSR count). The van der Waals surface area contributed by atoms with Crippen molar-refractivity contribution in [2.75, 3.05) is 6.54 Å². The summed E-state index contributed by atoms with van der Waals surface area (Å²) in [6.45, 7) is 6.59. The largest absolute Gasteiger partial charge is 0.310 e. The van der Waals surface area contributed by atoms with Crippen molar-refractivity contribution in [2.24, 2.45) is 0 Å². The van der Waals surface area contributed by atoms with E-state index in [2.05, 4.69) is 27.8 Å². The molecule has 0 aliphatic rings. The average Bonchev–Trinajstić information content (AvgIpc) is 2.16. The molecule has 0 fully saturated rings. The highest BCUT2D eigenvalue weighted by Crippen LogP contribution is 2.22. The molecule has 0 aromatic heterocycles. The number of nitrogens with one attached hydrogen (secondary N) is 1. The van der Waals surface area contributed by atoms with E-state index in [1.54, 1.807) is 6.07 Å². The Bertz CT molecular complexity index is 318. The fourth-order valence-electron chi connectivity index (χ4n) is 1.53. The lowest BCUT2D eigenvalue weighted by Crippen LogP contribution is -2.20. The standard InChI is InChI=1S/C12H15BrFN/c1-3-5-12(15-4-2)9-6-10(13)8-11(14)7-9/h3,6-8,12,15H,1,4-5H2,2H3. The molecule has 1 aromatic carbocycles. The molecule has 1 aromatic rings. The summed E-state index contributed by atoms with van der Waals surface area (Å²) < 4.78 is 14.0. The monoisotopic (exact) mass is 271 g/mol. The molecule has 1 N–H and O–H groups in total. The summed E-state index contributed by atoms with van der Waals surface area (Å²) in [5.74, 6) is -0.216. The quantitative estimate of drug-likeness (QED) is 0.803. The first-order chi connectivity index (χ1) is 7.17. The smallest absolute Gasteiger partial charge is 0.124 e. The van der Waals surface area contributed by atoms with Crippen molar-refractivity contribution in [1.29, 1.82) is 0 Å². The zero-order valence-corrected chi connectivity index (χ0v) is 10.3. The van der Waals surface area contributed by atoms with Gasteiger partial charge in [0.25, 0.3) is 0 Å². The molecule has 1 unspecified atom stereocenters. The molecule has 1 nitrogen and oxygen atoms in total. The second kappa shape index (κ2) is 6.03. The van der Waals surface area contributed by atoms with Gasteiger partial charge in [-0.1, -0.05) is 28.9 Å². The van der Waals surface area contributed by atoms with Crippen molar-refractivity contribution in [3.63, 3.8) is 0 Å². The normalized spacial score (nSPS) is 12.5. The van der Waals surface area contributed by atoms with Crippen LogP contribution in [0.1, 0.15) is 24.9 Å². The number of hydrogen-bond donors (Lipinski definition) is 1. The van der Waals surface area contributed by atoms with Gasteiger partial charge in [-0.15, -0.1) is 6.58 Å². The maximum absolute atomic E-state index is 13.2. The van der Waals surface area contributed by atoms with Crippen LogP contribution in [-0.4, -0.2) is 6.54 Å². The molecule has 0 aliphatic carbocycles. The van der Waals surface area contributed by atoms with Crippen LogP contribution in [0.25, 0.3) is 0 Å². The fourth-order valence-corrected chi connectivity index (χ4v) is 2.01. The highest BCUT2D eigenvalue weighted by atomic mass is 79.9. The van der Waals surface area contributed by atoms with Crippen LogP contribution in [0.2, 0.25) is 0 Å². The van der Waals surface area contributed by atoms with Crippen LogP contribution in [0.5, 0.6) is 0 Å². The van der Waals surface area contributed by atoms with Crippen LogP contribution in [0.15, 0.2) is 35.3 Å². The molecule has 3 heteroatoms. The van der Waals surface area contributed by atoms with E-state index in [4.69, 9.17) is 0 Å². The Balaban J connectivity index is 2.93. The highest BCUT2D eigenvalue weighted by molar-refractivity contribution is 9.10. The van der Waals surface area contributed by atoms with E-state index in [1.165, 1.54) is 6.07 Å². The van der Waals surface area contributed by atoms with Crippen LogP contribution in [0.4, 0.5) is 4.39 Å². The number of benzene rings is 1. The Kier molecular flexibility index (Phi) is 4.99. The Morgan fingerprint density at radius 1 is 1.53 bits per heavy atom. The minimum atomic E-state index is -0.216. The van der Waals surface area contributed by atoms with Crippen LogP contribution in [0.3, 0.4) is 0 Å². The van der Waals surface area contributed by atoms with Crippen LogP contribution >= 0.6 is 15.9 Å². The van der Waals surface area contributed by atoms with E-state index in [1.807, 2.05) is 19.1 Å². The van der Waals surface area contributed by atoms with Crippen molar-refractivity contribution >= 4 is 15.9 Å². The molecule has 0 aliphatic heterocycles. The predicted molar refractivity (Wildman–Crippen MR) is 65.3 cm³/mol. The molecule has 0 radical (unpaired) electrons. The zero-order valence-electron chi connectivity index (χ0n) is 8.76. The van der Waals surface area contributed by atoms with Gasteiger partial charge in [-0.05, 0) is 36.7 Å². The van der Waals surface area contributed by atoms with Gasteiger partial charge >= 0.3 is 0 Å². The molecule has 15 heavy (non-hydrogen) atoms. The zero-order chi connectivity index (χ0) is 11.3. The molecule has 0 saturated heterocycles. The number of halogens is 2. The minimum absolute atomic E-state index is 0.138. The molecular formula is C12H15BrFN. The molecule has 0 spiro atoms.